The highest BCUT2D eigenvalue weighted by Gasteiger charge is 2.19. The van der Waals surface area contributed by atoms with Gasteiger partial charge in [-0.2, -0.15) is 5.10 Å². The normalized spacial score (nSPS) is 17.3. The SMILES string of the molecule is CCn1cc(-c2cccc(C(C)N3CCCC3)c2)c(C)n1. The molecule has 21 heavy (non-hydrogen) atoms. The van der Waals surface area contributed by atoms with Gasteiger partial charge in [-0.15, -0.1) is 0 Å². The molecule has 3 heteroatoms. The van der Waals surface area contributed by atoms with Crippen molar-refractivity contribution >= 4 is 0 Å². The van der Waals surface area contributed by atoms with Crippen molar-refractivity contribution in [2.24, 2.45) is 0 Å². The van der Waals surface area contributed by atoms with Gasteiger partial charge in [0.05, 0.1) is 5.69 Å². The van der Waals surface area contributed by atoms with E-state index < -0.39 is 0 Å². The van der Waals surface area contributed by atoms with Crippen LogP contribution in [0, 0.1) is 6.92 Å². The van der Waals surface area contributed by atoms with Crippen LogP contribution in [0.5, 0.6) is 0 Å². The molecule has 1 atom stereocenters. The Kier molecular flexibility index (Phi) is 4.11. The van der Waals surface area contributed by atoms with Crippen molar-refractivity contribution < 1.29 is 0 Å². The van der Waals surface area contributed by atoms with E-state index >= 15 is 0 Å². The first-order chi connectivity index (χ1) is 10.2. The Labute approximate surface area is 127 Å². The van der Waals surface area contributed by atoms with Crippen LogP contribution in [0.15, 0.2) is 30.5 Å². The van der Waals surface area contributed by atoms with Gasteiger partial charge in [0.25, 0.3) is 0 Å². The first-order valence-electron chi connectivity index (χ1n) is 8.07. The molecule has 1 unspecified atom stereocenters. The summed E-state index contributed by atoms with van der Waals surface area (Å²) in [7, 11) is 0. The highest BCUT2D eigenvalue weighted by molar-refractivity contribution is 5.65. The Morgan fingerprint density at radius 3 is 2.67 bits per heavy atom. The molecular weight excluding hydrogens is 258 g/mol. The Bertz CT molecular complexity index is 609. The zero-order valence-electron chi connectivity index (χ0n) is 13.3. The van der Waals surface area contributed by atoms with Crippen LogP contribution in [0.3, 0.4) is 0 Å². The summed E-state index contributed by atoms with van der Waals surface area (Å²) in [4.78, 5) is 2.58. The van der Waals surface area contributed by atoms with Gasteiger partial charge in [-0.1, -0.05) is 18.2 Å². The minimum Gasteiger partial charge on any atom is -0.297 e. The Morgan fingerprint density at radius 2 is 2.00 bits per heavy atom. The van der Waals surface area contributed by atoms with E-state index in [9.17, 15) is 0 Å². The van der Waals surface area contributed by atoms with Crippen LogP contribution < -0.4 is 0 Å². The maximum atomic E-state index is 4.56. The summed E-state index contributed by atoms with van der Waals surface area (Å²) >= 11 is 0. The van der Waals surface area contributed by atoms with E-state index in [-0.39, 0.29) is 0 Å². The fraction of sp³-hybridized carbons (Fsp3) is 0.500. The molecular formula is C18H25N3. The van der Waals surface area contributed by atoms with Crippen LogP contribution in [0.1, 0.15) is 44.0 Å². The van der Waals surface area contributed by atoms with Gasteiger partial charge in [0.2, 0.25) is 0 Å². The van der Waals surface area contributed by atoms with Gasteiger partial charge in [0.15, 0.2) is 0 Å². The number of aryl methyl sites for hydroxylation is 2. The van der Waals surface area contributed by atoms with E-state index in [1.165, 1.54) is 42.6 Å². The lowest BCUT2D eigenvalue weighted by molar-refractivity contribution is 0.263. The second-order valence-electron chi connectivity index (χ2n) is 6.03. The molecule has 0 spiro atoms. The minimum absolute atomic E-state index is 0.508. The standard InChI is InChI=1S/C18H25N3/c1-4-21-13-18(14(2)19-21)17-9-7-8-16(12-17)15(3)20-10-5-6-11-20/h7-9,12-13,15H,4-6,10-11H2,1-3H3. The third-order valence-electron chi connectivity index (χ3n) is 4.64. The number of rotatable bonds is 4. The molecule has 1 saturated heterocycles. The molecule has 2 heterocycles. The lowest BCUT2D eigenvalue weighted by Crippen LogP contribution is -2.23. The largest absolute Gasteiger partial charge is 0.297 e. The second kappa shape index (κ2) is 6.02. The molecule has 0 radical (unpaired) electrons. The average Bonchev–Trinajstić information content (AvgIpc) is 3.16. The predicted molar refractivity (Wildman–Crippen MR) is 87.3 cm³/mol. The van der Waals surface area contributed by atoms with Crippen LogP contribution in [-0.2, 0) is 6.54 Å². The molecule has 0 saturated carbocycles. The van der Waals surface area contributed by atoms with E-state index in [4.69, 9.17) is 0 Å². The third-order valence-corrected chi connectivity index (χ3v) is 4.64. The summed E-state index contributed by atoms with van der Waals surface area (Å²) in [6.07, 6.45) is 4.84. The molecule has 0 aliphatic carbocycles. The molecule has 1 aliphatic rings. The van der Waals surface area contributed by atoms with Crippen molar-refractivity contribution in [2.45, 2.75) is 46.2 Å². The van der Waals surface area contributed by atoms with E-state index in [0.29, 0.717) is 6.04 Å². The van der Waals surface area contributed by atoms with Crippen LogP contribution in [-0.4, -0.2) is 27.8 Å². The molecule has 1 aliphatic heterocycles. The summed E-state index contributed by atoms with van der Waals surface area (Å²) in [5, 5.41) is 4.56. The number of likely N-dealkylation sites (tertiary alicyclic amines) is 1. The van der Waals surface area contributed by atoms with Crippen LogP contribution in [0.4, 0.5) is 0 Å². The van der Waals surface area contributed by atoms with Gasteiger partial charge in [-0.3, -0.25) is 9.58 Å². The lowest BCUT2D eigenvalue weighted by Gasteiger charge is -2.24. The maximum absolute atomic E-state index is 4.56. The van der Waals surface area contributed by atoms with Gasteiger partial charge < -0.3 is 0 Å². The summed E-state index contributed by atoms with van der Waals surface area (Å²) in [5.74, 6) is 0. The Morgan fingerprint density at radius 1 is 1.24 bits per heavy atom. The summed E-state index contributed by atoms with van der Waals surface area (Å²) < 4.78 is 2.02. The molecule has 1 fully saturated rings. The molecule has 2 aromatic rings. The fourth-order valence-corrected chi connectivity index (χ4v) is 3.27. The molecule has 112 valence electrons. The van der Waals surface area contributed by atoms with Gasteiger partial charge in [-0.25, -0.2) is 0 Å². The smallest absolute Gasteiger partial charge is 0.0672 e. The molecule has 3 rings (SSSR count). The average molecular weight is 283 g/mol. The van der Waals surface area contributed by atoms with Crippen molar-refractivity contribution in [2.75, 3.05) is 13.1 Å². The highest BCUT2D eigenvalue weighted by atomic mass is 15.3. The first-order valence-corrected chi connectivity index (χ1v) is 8.07. The van der Waals surface area contributed by atoms with E-state index in [0.717, 1.165) is 12.2 Å². The minimum atomic E-state index is 0.508. The molecule has 0 N–H and O–H groups in total. The third kappa shape index (κ3) is 2.88. The summed E-state index contributed by atoms with van der Waals surface area (Å²) in [6.45, 7) is 9.94. The summed E-state index contributed by atoms with van der Waals surface area (Å²) in [5.41, 5.74) is 5.07. The van der Waals surface area contributed by atoms with Crippen molar-refractivity contribution in [3.63, 3.8) is 0 Å². The van der Waals surface area contributed by atoms with Crippen LogP contribution >= 0.6 is 0 Å². The number of benzene rings is 1. The van der Waals surface area contributed by atoms with E-state index in [2.05, 4.69) is 61.2 Å². The maximum Gasteiger partial charge on any atom is 0.0672 e. The van der Waals surface area contributed by atoms with Crippen molar-refractivity contribution in [3.8, 4) is 11.1 Å². The van der Waals surface area contributed by atoms with Crippen LogP contribution in [0.25, 0.3) is 11.1 Å². The first kappa shape index (κ1) is 14.3. The fourth-order valence-electron chi connectivity index (χ4n) is 3.27. The van der Waals surface area contributed by atoms with Gasteiger partial charge >= 0.3 is 0 Å². The molecule has 1 aromatic carbocycles. The molecule has 1 aromatic heterocycles. The summed E-state index contributed by atoms with van der Waals surface area (Å²) in [6, 6.07) is 9.48. The number of hydrogen-bond acceptors (Lipinski definition) is 2. The molecule has 3 nitrogen and oxygen atoms in total. The Hall–Kier alpha value is -1.61. The molecule has 0 amide bonds. The van der Waals surface area contributed by atoms with E-state index in [1.807, 2.05) is 4.68 Å². The second-order valence-corrected chi connectivity index (χ2v) is 6.03. The highest BCUT2D eigenvalue weighted by Crippen LogP contribution is 2.29. The lowest BCUT2D eigenvalue weighted by atomic mass is 10.00. The van der Waals surface area contributed by atoms with E-state index in [1.54, 1.807) is 0 Å². The van der Waals surface area contributed by atoms with Gasteiger partial charge in [0.1, 0.15) is 0 Å². The molecule has 0 bridgehead atoms. The Balaban J connectivity index is 1.90. The number of hydrogen-bond donors (Lipinski definition) is 0. The zero-order chi connectivity index (χ0) is 14.8. The topological polar surface area (TPSA) is 21.1 Å². The van der Waals surface area contributed by atoms with Crippen molar-refractivity contribution in [1.82, 2.24) is 14.7 Å². The quantitative estimate of drug-likeness (QED) is 0.844. The van der Waals surface area contributed by atoms with Crippen molar-refractivity contribution in [3.05, 3.63) is 41.7 Å². The predicted octanol–water partition coefficient (Wildman–Crippen LogP) is 4.04. The van der Waals surface area contributed by atoms with Crippen molar-refractivity contribution in [1.29, 1.82) is 0 Å². The van der Waals surface area contributed by atoms with Gasteiger partial charge in [-0.05, 0) is 63.9 Å². The zero-order valence-corrected chi connectivity index (χ0v) is 13.3. The number of aromatic nitrogens is 2. The van der Waals surface area contributed by atoms with Gasteiger partial charge in [0, 0.05) is 24.3 Å². The van der Waals surface area contributed by atoms with Crippen LogP contribution in [0.2, 0.25) is 0 Å². The number of nitrogens with zero attached hydrogens (tertiary/aromatic N) is 3. The monoisotopic (exact) mass is 283 g/mol.